The highest BCUT2D eigenvalue weighted by Crippen LogP contribution is 2.37. The first-order valence-corrected chi connectivity index (χ1v) is 9.21. The van der Waals surface area contributed by atoms with Crippen molar-refractivity contribution >= 4 is 23.2 Å². The molecule has 2 aromatic rings. The van der Waals surface area contributed by atoms with Gasteiger partial charge in [0.2, 0.25) is 5.91 Å². The van der Waals surface area contributed by atoms with Gasteiger partial charge < -0.3 is 15.1 Å². The predicted octanol–water partition coefficient (Wildman–Crippen LogP) is 3.51. The molecule has 1 aliphatic rings. The normalized spacial score (nSPS) is 17.4. The van der Waals surface area contributed by atoms with Crippen LogP contribution in [0.4, 0.5) is 0 Å². The van der Waals surface area contributed by atoms with Crippen LogP contribution in [0.3, 0.4) is 0 Å². The second-order valence-electron chi connectivity index (χ2n) is 6.22. The van der Waals surface area contributed by atoms with Crippen molar-refractivity contribution < 1.29 is 14.0 Å². The standard InChI is InChI=1S/C18H22N2O3S/c1-12(19-18(22)14-8-4-10-23-14)17(21)20-16(13-6-2-3-7-13)15-9-5-11-24-15/h4-5,8-13,16H,2-3,6-7H2,1H3,(H,19,22)(H,20,21). The third kappa shape index (κ3) is 3.87. The van der Waals surface area contributed by atoms with Crippen molar-refractivity contribution in [3.8, 4) is 0 Å². The van der Waals surface area contributed by atoms with E-state index in [2.05, 4.69) is 16.7 Å². The molecule has 2 atom stereocenters. The van der Waals surface area contributed by atoms with E-state index in [1.165, 1.54) is 24.0 Å². The quantitative estimate of drug-likeness (QED) is 0.841. The second kappa shape index (κ2) is 7.66. The highest BCUT2D eigenvalue weighted by Gasteiger charge is 2.30. The zero-order valence-electron chi connectivity index (χ0n) is 13.7. The summed E-state index contributed by atoms with van der Waals surface area (Å²) >= 11 is 1.67. The summed E-state index contributed by atoms with van der Waals surface area (Å²) in [5.41, 5.74) is 0. The summed E-state index contributed by atoms with van der Waals surface area (Å²) in [4.78, 5) is 25.7. The van der Waals surface area contributed by atoms with Gasteiger partial charge in [-0.3, -0.25) is 9.59 Å². The Hall–Kier alpha value is -2.08. The summed E-state index contributed by atoms with van der Waals surface area (Å²) in [5, 5.41) is 7.85. The van der Waals surface area contributed by atoms with Crippen molar-refractivity contribution in [1.82, 2.24) is 10.6 Å². The van der Waals surface area contributed by atoms with Crippen molar-refractivity contribution in [3.63, 3.8) is 0 Å². The van der Waals surface area contributed by atoms with Gasteiger partial charge in [-0.25, -0.2) is 0 Å². The van der Waals surface area contributed by atoms with Gasteiger partial charge in [0.25, 0.3) is 5.91 Å². The van der Waals surface area contributed by atoms with E-state index in [1.54, 1.807) is 30.4 Å². The lowest BCUT2D eigenvalue weighted by atomic mass is 9.96. The van der Waals surface area contributed by atoms with Gasteiger partial charge in [-0.2, -0.15) is 0 Å². The Morgan fingerprint density at radius 2 is 2.00 bits per heavy atom. The van der Waals surface area contributed by atoms with Crippen LogP contribution in [0.2, 0.25) is 0 Å². The van der Waals surface area contributed by atoms with Gasteiger partial charge in [0.1, 0.15) is 6.04 Å². The molecule has 128 valence electrons. The highest BCUT2D eigenvalue weighted by atomic mass is 32.1. The number of hydrogen-bond acceptors (Lipinski definition) is 4. The van der Waals surface area contributed by atoms with E-state index in [4.69, 9.17) is 4.42 Å². The van der Waals surface area contributed by atoms with Crippen molar-refractivity contribution in [2.24, 2.45) is 5.92 Å². The number of carbonyl (C=O) groups excluding carboxylic acids is 2. The minimum Gasteiger partial charge on any atom is -0.459 e. The molecule has 6 heteroatoms. The van der Waals surface area contributed by atoms with E-state index in [0.29, 0.717) is 5.92 Å². The Morgan fingerprint density at radius 3 is 2.62 bits per heavy atom. The maximum atomic E-state index is 12.6. The van der Waals surface area contributed by atoms with Gasteiger partial charge in [0.05, 0.1) is 12.3 Å². The largest absolute Gasteiger partial charge is 0.459 e. The molecular formula is C18H22N2O3S. The molecule has 0 aromatic carbocycles. The molecule has 1 aliphatic carbocycles. The van der Waals surface area contributed by atoms with E-state index >= 15 is 0 Å². The summed E-state index contributed by atoms with van der Waals surface area (Å²) in [5.74, 6) is 0.136. The molecule has 2 unspecified atom stereocenters. The van der Waals surface area contributed by atoms with Gasteiger partial charge in [-0.1, -0.05) is 18.9 Å². The maximum absolute atomic E-state index is 12.6. The molecule has 3 rings (SSSR count). The van der Waals surface area contributed by atoms with E-state index < -0.39 is 6.04 Å². The Balaban J connectivity index is 1.63. The number of furan rings is 1. The van der Waals surface area contributed by atoms with Crippen molar-refractivity contribution in [2.45, 2.75) is 44.7 Å². The molecule has 1 fully saturated rings. The molecule has 2 amide bonds. The van der Waals surface area contributed by atoms with E-state index in [-0.39, 0.29) is 23.6 Å². The Bertz CT molecular complexity index is 661. The van der Waals surface area contributed by atoms with Crippen LogP contribution in [-0.2, 0) is 4.79 Å². The van der Waals surface area contributed by atoms with Crippen LogP contribution in [-0.4, -0.2) is 17.9 Å². The molecule has 2 N–H and O–H groups in total. The smallest absolute Gasteiger partial charge is 0.287 e. The molecule has 0 aliphatic heterocycles. The summed E-state index contributed by atoms with van der Waals surface area (Å²) in [7, 11) is 0. The van der Waals surface area contributed by atoms with Crippen LogP contribution in [0, 0.1) is 5.92 Å². The maximum Gasteiger partial charge on any atom is 0.287 e. The first-order chi connectivity index (χ1) is 11.6. The van der Waals surface area contributed by atoms with E-state index in [9.17, 15) is 9.59 Å². The van der Waals surface area contributed by atoms with Crippen LogP contribution in [0.1, 0.15) is 54.1 Å². The summed E-state index contributed by atoms with van der Waals surface area (Å²) < 4.78 is 5.06. The lowest BCUT2D eigenvalue weighted by molar-refractivity contribution is -0.123. The monoisotopic (exact) mass is 346 g/mol. The number of rotatable bonds is 6. The molecule has 24 heavy (non-hydrogen) atoms. The average molecular weight is 346 g/mol. The van der Waals surface area contributed by atoms with Gasteiger partial charge in [0, 0.05) is 4.88 Å². The zero-order valence-corrected chi connectivity index (χ0v) is 14.5. The van der Waals surface area contributed by atoms with Crippen molar-refractivity contribution in [1.29, 1.82) is 0 Å². The summed E-state index contributed by atoms with van der Waals surface area (Å²) in [6, 6.07) is 6.71. The number of carbonyl (C=O) groups is 2. The minimum atomic E-state index is -0.619. The second-order valence-corrected chi connectivity index (χ2v) is 7.20. The fourth-order valence-electron chi connectivity index (χ4n) is 3.20. The molecule has 0 saturated heterocycles. The van der Waals surface area contributed by atoms with Gasteiger partial charge >= 0.3 is 0 Å². The molecule has 2 aromatic heterocycles. The van der Waals surface area contributed by atoms with Crippen LogP contribution in [0.15, 0.2) is 40.3 Å². The summed E-state index contributed by atoms with van der Waals surface area (Å²) in [6.45, 7) is 1.69. The number of thiophene rings is 1. The van der Waals surface area contributed by atoms with Gasteiger partial charge in [-0.15, -0.1) is 11.3 Å². The first-order valence-electron chi connectivity index (χ1n) is 8.33. The fraction of sp³-hybridized carbons (Fsp3) is 0.444. The molecule has 1 saturated carbocycles. The third-order valence-electron chi connectivity index (χ3n) is 4.50. The van der Waals surface area contributed by atoms with Gasteiger partial charge in [0.15, 0.2) is 5.76 Å². The lowest BCUT2D eigenvalue weighted by Gasteiger charge is -2.25. The molecule has 0 spiro atoms. The van der Waals surface area contributed by atoms with Crippen LogP contribution >= 0.6 is 11.3 Å². The molecule has 2 heterocycles. The SMILES string of the molecule is CC(NC(=O)c1ccco1)C(=O)NC(c1cccs1)C1CCCC1. The highest BCUT2D eigenvalue weighted by molar-refractivity contribution is 7.10. The Labute approximate surface area is 145 Å². The number of hydrogen-bond donors (Lipinski definition) is 2. The van der Waals surface area contributed by atoms with E-state index in [0.717, 1.165) is 12.8 Å². The van der Waals surface area contributed by atoms with Gasteiger partial charge in [-0.05, 0) is 49.3 Å². The number of nitrogens with one attached hydrogen (secondary N) is 2. The van der Waals surface area contributed by atoms with Crippen molar-refractivity contribution in [3.05, 3.63) is 46.5 Å². The van der Waals surface area contributed by atoms with Crippen LogP contribution in [0.25, 0.3) is 0 Å². The molecule has 5 nitrogen and oxygen atoms in total. The number of amides is 2. The first kappa shape index (κ1) is 16.8. The Morgan fingerprint density at radius 1 is 1.21 bits per heavy atom. The van der Waals surface area contributed by atoms with Crippen LogP contribution in [0.5, 0.6) is 0 Å². The topological polar surface area (TPSA) is 71.3 Å². The lowest BCUT2D eigenvalue weighted by Crippen LogP contribution is -2.46. The Kier molecular flexibility index (Phi) is 5.35. The molecule has 0 bridgehead atoms. The predicted molar refractivity (Wildman–Crippen MR) is 92.8 cm³/mol. The molecule has 0 radical (unpaired) electrons. The van der Waals surface area contributed by atoms with E-state index in [1.807, 2.05) is 11.4 Å². The fourth-order valence-corrected chi connectivity index (χ4v) is 4.07. The third-order valence-corrected chi connectivity index (χ3v) is 5.46. The zero-order chi connectivity index (χ0) is 16.9. The summed E-state index contributed by atoms with van der Waals surface area (Å²) in [6.07, 6.45) is 6.14. The van der Waals surface area contributed by atoms with Crippen molar-refractivity contribution in [2.75, 3.05) is 0 Å². The average Bonchev–Trinajstić information content (AvgIpc) is 3.35. The minimum absolute atomic E-state index is 0.0305. The molecular weight excluding hydrogens is 324 g/mol. The van der Waals surface area contributed by atoms with Crippen LogP contribution < -0.4 is 10.6 Å².